The standard InChI is InChI=1S/C9H11/c1-8-4-3-5-9(2)7-6-8/h3-7H,1-2H3. The first kappa shape index (κ1) is 6.34. The first-order chi connectivity index (χ1) is 4.29. The minimum Gasteiger partial charge on any atom is -0.0762 e. The van der Waals surface area contributed by atoms with Crippen LogP contribution in [0.1, 0.15) is 13.8 Å². The fraction of sp³-hybridized carbons (Fsp3) is 0.222. The van der Waals surface area contributed by atoms with Gasteiger partial charge in [-0.25, -0.2) is 0 Å². The van der Waals surface area contributed by atoms with Crippen LogP contribution in [0.25, 0.3) is 0 Å². The zero-order chi connectivity index (χ0) is 6.69. The van der Waals surface area contributed by atoms with Crippen LogP contribution in [-0.2, 0) is 0 Å². The van der Waals surface area contributed by atoms with Crippen molar-refractivity contribution in [1.29, 1.82) is 0 Å². The van der Waals surface area contributed by atoms with Crippen molar-refractivity contribution in [3.05, 3.63) is 41.9 Å². The summed E-state index contributed by atoms with van der Waals surface area (Å²) >= 11 is 0. The molecule has 0 saturated heterocycles. The van der Waals surface area contributed by atoms with Gasteiger partial charge in [-0.2, -0.15) is 0 Å². The van der Waals surface area contributed by atoms with Crippen LogP contribution in [0.3, 0.4) is 0 Å². The van der Waals surface area contributed by atoms with E-state index >= 15 is 0 Å². The first-order valence-electron chi connectivity index (χ1n) is 3.15. The Morgan fingerprint density at radius 1 is 1.00 bits per heavy atom. The van der Waals surface area contributed by atoms with Gasteiger partial charge in [0.05, 0.1) is 0 Å². The normalized spacial score (nSPS) is 18.4. The monoisotopic (exact) mass is 119 g/mol. The quantitative estimate of drug-likeness (QED) is 0.460. The third kappa shape index (κ3) is 1.88. The van der Waals surface area contributed by atoms with Gasteiger partial charge in [0.15, 0.2) is 0 Å². The van der Waals surface area contributed by atoms with E-state index in [-0.39, 0.29) is 0 Å². The summed E-state index contributed by atoms with van der Waals surface area (Å²) in [6.07, 6.45) is 10.5. The highest BCUT2D eigenvalue weighted by Gasteiger charge is 1.88. The average Bonchev–Trinajstić information content (AvgIpc) is 1.97. The lowest BCUT2D eigenvalue weighted by molar-refractivity contribution is 1.45. The van der Waals surface area contributed by atoms with Crippen molar-refractivity contribution in [2.24, 2.45) is 0 Å². The molecule has 0 saturated carbocycles. The van der Waals surface area contributed by atoms with E-state index in [4.69, 9.17) is 0 Å². The van der Waals surface area contributed by atoms with E-state index < -0.39 is 0 Å². The molecule has 1 aliphatic rings. The van der Waals surface area contributed by atoms with Crippen LogP contribution in [0, 0.1) is 6.42 Å². The van der Waals surface area contributed by atoms with Gasteiger partial charge < -0.3 is 0 Å². The molecule has 1 rings (SSSR count). The first-order valence-corrected chi connectivity index (χ1v) is 3.15. The highest BCUT2D eigenvalue weighted by molar-refractivity contribution is 5.34. The molecule has 0 aromatic heterocycles. The summed E-state index contributed by atoms with van der Waals surface area (Å²) < 4.78 is 0. The maximum Gasteiger partial charge on any atom is 0.00807 e. The molecule has 0 atom stereocenters. The fourth-order valence-corrected chi connectivity index (χ4v) is 0.726. The van der Waals surface area contributed by atoms with E-state index in [1.807, 2.05) is 0 Å². The highest BCUT2D eigenvalue weighted by Crippen LogP contribution is 2.07. The number of allylic oxidation sites excluding steroid dienone is 6. The van der Waals surface area contributed by atoms with Crippen molar-refractivity contribution < 1.29 is 0 Å². The van der Waals surface area contributed by atoms with E-state index in [1.54, 1.807) is 0 Å². The van der Waals surface area contributed by atoms with E-state index in [9.17, 15) is 0 Å². The number of rotatable bonds is 0. The second kappa shape index (κ2) is 2.67. The average molecular weight is 119 g/mol. The molecular weight excluding hydrogens is 108 g/mol. The number of hydrogen-bond donors (Lipinski definition) is 0. The second-order valence-corrected chi connectivity index (χ2v) is 2.35. The molecule has 0 nitrogen and oxygen atoms in total. The molecule has 0 unspecified atom stereocenters. The Morgan fingerprint density at radius 2 is 1.67 bits per heavy atom. The van der Waals surface area contributed by atoms with Gasteiger partial charge in [-0.1, -0.05) is 35.5 Å². The van der Waals surface area contributed by atoms with Crippen LogP contribution < -0.4 is 0 Å². The number of hydrogen-bond acceptors (Lipinski definition) is 0. The Labute approximate surface area is 56.6 Å². The van der Waals surface area contributed by atoms with Gasteiger partial charge in [0.25, 0.3) is 0 Å². The molecular formula is C9H11. The molecule has 0 aromatic carbocycles. The van der Waals surface area contributed by atoms with E-state index in [0.29, 0.717) is 0 Å². The van der Waals surface area contributed by atoms with Gasteiger partial charge in [0.2, 0.25) is 0 Å². The third-order valence-electron chi connectivity index (χ3n) is 1.33. The SMILES string of the molecule is CC1=CC=C(C)C=C[CH]1. The molecule has 0 aliphatic heterocycles. The van der Waals surface area contributed by atoms with E-state index in [0.717, 1.165) is 0 Å². The summed E-state index contributed by atoms with van der Waals surface area (Å²) in [4.78, 5) is 0. The van der Waals surface area contributed by atoms with Crippen molar-refractivity contribution >= 4 is 0 Å². The summed E-state index contributed by atoms with van der Waals surface area (Å²) in [6, 6.07) is 0. The lowest BCUT2D eigenvalue weighted by Gasteiger charge is -1.86. The van der Waals surface area contributed by atoms with Crippen LogP contribution in [0.5, 0.6) is 0 Å². The maximum absolute atomic E-state index is 2.12. The molecule has 0 heteroatoms. The third-order valence-corrected chi connectivity index (χ3v) is 1.33. The lowest BCUT2D eigenvalue weighted by atomic mass is 10.2. The molecule has 0 aromatic rings. The molecule has 9 heavy (non-hydrogen) atoms. The van der Waals surface area contributed by atoms with E-state index in [1.165, 1.54) is 11.1 Å². The van der Waals surface area contributed by atoms with Gasteiger partial charge in [0.1, 0.15) is 0 Å². The summed E-state index contributed by atoms with van der Waals surface area (Å²) in [7, 11) is 0. The van der Waals surface area contributed by atoms with Gasteiger partial charge in [-0.3, -0.25) is 0 Å². The van der Waals surface area contributed by atoms with Crippen LogP contribution >= 0.6 is 0 Å². The summed E-state index contributed by atoms with van der Waals surface area (Å²) in [5, 5.41) is 0. The van der Waals surface area contributed by atoms with E-state index in [2.05, 4.69) is 44.6 Å². The van der Waals surface area contributed by atoms with Crippen molar-refractivity contribution in [1.82, 2.24) is 0 Å². The molecule has 0 bridgehead atoms. The summed E-state index contributed by atoms with van der Waals surface area (Å²) in [5.41, 5.74) is 2.62. The highest BCUT2D eigenvalue weighted by atomic mass is 13.9. The lowest BCUT2D eigenvalue weighted by Crippen LogP contribution is -1.68. The van der Waals surface area contributed by atoms with Gasteiger partial charge in [0, 0.05) is 6.42 Å². The largest absolute Gasteiger partial charge is 0.0762 e. The van der Waals surface area contributed by atoms with Crippen molar-refractivity contribution in [2.75, 3.05) is 0 Å². The molecule has 0 fully saturated rings. The van der Waals surface area contributed by atoms with Crippen LogP contribution in [0.4, 0.5) is 0 Å². The van der Waals surface area contributed by atoms with Crippen LogP contribution in [0.2, 0.25) is 0 Å². The molecule has 1 radical (unpaired) electrons. The Hall–Kier alpha value is -0.780. The Bertz CT molecular complexity index is 180. The van der Waals surface area contributed by atoms with Gasteiger partial charge >= 0.3 is 0 Å². The molecule has 0 heterocycles. The van der Waals surface area contributed by atoms with Gasteiger partial charge in [-0.05, 0) is 13.8 Å². The molecule has 0 amide bonds. The summed E-state index contributed by atoms with van der Waals surface area (Å²) in [5.74, 6) is 0. The molecule has 1 aliphatic carbocycles. The van der Waals surface area contributed by atoms with Gasteiger partial charge in [-0.15, -0.1) is 0 Å². The predicted octanol–water partition coefficient (Wildman–Crippen LogP) is 2.65. The summed E-state index contributed by atoms with van der Waals surface area (Å²) in [6.45, 7) is 4.19. The van der Waals surface area contributed by atoms with Crippen molar-refractivity contribution in [3.8, 4) is 0 Å². The van der Waals surface area contributed by atoms with Crippen LogP contribution in [-0.4, -0.2) is 0 Å². The molecule has 47 valence electrons. The minimum atomic E-state index is 1.31. The smallest absolute Gasteiger partial charge is 0.00807 e. The Morgan fingerprint density at radius 3 is 2.44 bits per heavy atom. The molecule has 0 N–H and O–H groups in total. The topological polar surface area (TPSA) is 0 Å². The second-order valence-electron chi connectivity index (χ2n) is 2.35. The van der Waals surface area contributed by atoms with Crippen molar-refractivity contribution in [3.63, 3.8) is 0 Å². The predicted molar refractivity (Wildman–Crippen MR) is 41.0 cm³/mol. The Balaban J connectivity index is 2.80. The fourth-order valence-electron chi connectivity index (χ4n) is 0.726. The zero-order valence-electron chi connectivity index (χ0n) is 5.89. The van der Waals surface area contributed by atoms with Crippen molar-refractivity contribution in [2.45, 2.75) is 13.8 Å². The maximum atomic E-state index is 2.12. The Kier molecular flexibility index (Phi) is 1.88. The molecule has 0 spiro atoms. The zero-order valence-corrected chi connectivity index (χ0v) is 5.89. The minimum absolute atomic E-state index is 1.31. The van der Waals surface area contributed by atoms with Crippen LogP contribution in [0.15, 0.2) is 35.5 Å².